The highest BCUT2D eigenvalue weighted by Gasteiger charge is 2.34. The second-order valence-corrected chi connectivity index (χ2v) is 6.39. The number of hydrogen-bond donors (Lipinski definition) is 2. The molecule has 1 aromatic carbocycles. The number of nitrogens with one attached hydrogen (secondary N) is 1. The number of anilines is 1. The molecule has 0 aromatic heterocycles. The molecule has 0 radical (unpaired) electrons. The smallest absolute Gasteiger partial charge is 0.0661 e. The zero-order valence-electron chi connectivity index (χ0n) is 11.0. The van der Waals surface area contributed by atoms with Gasteiger partial charge in [0.1, 0.15) is 0 Å². The van der Waals surface area contributed by atoms with Crippen molar-refractivity contribution >= 4 is 33.2 Å². The third-order valence-electron chi connectivity index (χ3n) is 3.85. The predicted octanol–water partition coefficient (Wildman–Crippen LogP) is 3.83. The molecule has 106 valence electrons. The first-order chi connectivity index (χ1) is 9.08. The van der Waals surface area contributed by atoms with Crippen molar-refractivity contribution in [1.29, 1.82) is 0 Å². The molecule has 1 aromatic rings. The second-order valence-electron chi connectivity index (χ2n) is 5.13. The van der Waals surface area contributed by atoms with E-state index < -0.39 is 0 Å². The summed E-state index contributed by atoms with van der Waals surface area (Å²) in [6.45, 7) is 0.129. The van der Waals surface area contributed by atoms with Crippen LogP contribution in [0.4, 0.5) is 5.69 Å². The molecule has 0 bridgehead atoms. The van der Waals surface area contributed by atoms with Crippen molar-refractivity contribution in [3.05, 3.63) is 27.7 Å². The molecule has 2 rings (SSSR count). The van der Waals surface area contributed by atoms with Crippen LogP contribution in [0.3, 0.4) is 0 Å². The van der Waals surface area contributed by atoms with Gasteiger partial charge in [-0.3, -0.25) is 0 Å². The molecule has 3 nitrogen and oxygen atoms in total. The number of hydrogen-bond acceptors (Lipinski definition) is 3. The number of methoxy groups -OCH3 is 1. The standard InChI is InChI=1S/C14H19BrClNO2/c1-19-11-4-6-14(9-18,7-5-11)17-10-2-3-13(16)12(15)8-10/h2-3,8,11,17-18H,4-7,9H2,1H3. The van der Waals surface area contributed by atoms with E-state index in [9.17, 15) is 5.11 Å². The van der Waals surface area contributed by atoms with E-state index in [1.165, 1.54) is 0 Å². The molecule has 0 atom stereocenters. The average Bonchev–Trinajstić information content (AvgIpc) is 2.44. The summed E-state index contributed by atoms with van der Waals surface area (Å²) >= 11 is 9.41. The van der Waals surface area contributed by atoms with Gasteiger partial charge in [-0.2, -0.15) is 0 Å². The van der Waals surface area contributed by atoms with Crippen molar-refractivity contribution in [2.24, 2.45) is 0 Å². The molecule has 2 N–H and O–H groups in total. The zero-order valence-corrected chi connectivity index (χ0v) is 13.3. The maximum absolute atomic E-state index is 9.74. The SMILES string of the molecule is COC1CCC(CO)(Nc2ccc(Cl)c(Br)c2)CC1. The fraction of sp³-hybridized carbons (Fsp3) is 0.571. The highest BCUT2D eigenvalue weighted by atomic mass is 79.9. The van der Waals surface area contributed by atoms with Crippen molar-refractivity contribution in [1.82, 2.24) is 0 Å². The van der Waals surface area contributed by atoms with E-state index in [1.807, 2.05) is 18.2 Å². The highest BCUT2D eigenvalue weighted by Crippen LogP contribution is 2.34. The van der Waals surface area contributed by atoms with E-state index in [0.717, 1.165) is 35.8 Å². The van der Waals surface area contributed by atoms with Crippen LogP contribution in [-0.2, 0) is 4.74 Å². The van der Waals surface area contributed by atoms with Crippen LogP contribution >= 0.6 is 27.5 Å². The van der Waals surface area contributed by atoms with E-state index >= 15 is 0 Å². The lowest BCUT2D eigenvalue weighted by Gasteiger charge is -2.40. The van der Waals surface area contributed by atoms with Gasteiger partial charge >= 0.3 is 0 Å². The van der Waals surface area contributed by atoms with Gasteiger partial charge in [0.25, 0.3) is 0 Å². The Hall–Kier alpha value is -0.290. The summed E-state index contributed by atoms with van der Waals surface area (Å²) in [4.78, 5) is 0. The van der Waals surface area contributed by atoms with Gasteiger partial charge in [0.15, 0.2) is 0 Å². The van der Waals surface area contributed by atoms with Gasteiger partial charge in [-0.1, -0.05) is 11.6 Å². The van der Waals surface area contributed by atoms with Gasteiger partial charge in [0.05, 0.1) is 23.3 Å². The van der Waals surface area contributed by atoms with Gasteiger partial charge in [-0.05, 0) is 59.8 Å². The monoisotopic (exact) mass is 347 g/mol. The van der Waals surface area contributed by atoms with Crippen LogP contribution in [0.25, 0.3) is 0 Å². The van der Waals surface area contributed by atoms with Crippen molar-refractivity contribution in [2.45, 2.75) is 37.3 Å². The minimum absolute atomic E-state index is 0.129. The predicted molar refractivity (Wildman–Crippen MR) is 81.9 cm³/mol. The lowest BCUT2D eigenvalue weighted by Crippen LogP contribution is -2.46. The van der Waals surface area contributed by atoms with Crippen molar-refractivity contribution in [3.63, 3.8) is 0 Å². The Morgan fingerprint density at radius 2 is 2.16 bits per heavy atom. The first-order valence-corrected chi connectivity index (χ1v) is 7.62. The number of halogens is 2. The van der Waals surface area contributed by atoms with Crippen molar-refractivity contribution in [3.8, 4) is 0 Å². The van der Waals surface area contributed by atoms with E-state index in [1.54, 1.807) is 7.11 Å². The summed E-state index contributed by atoms with van der Waals surface area (Å²) in [5.74, 6) is 0. The Morgan fingerprint density at radius 3 is 2.68 bits per heavy atom. The van der Waals surface area contributed by atoms with E-state index in [0.29, 0.717) is 11.1 Å². The van der Waals surface area contributed by atoms with Gasteiger partial charge in [0, 0.05) is 17.3 Å². The molecule has 0 spiro atoms. The first-order valence-electron chi connectivity index (χ1n) is 6.45. The van der Waals surface area contributed by atoms with Gasteiger partial charge in [-0.25, -0.2) is 0 Å². The zero-order chi connectivity index (χ0) is 13.9. The fourth-order valence-corrected chi connectivity index (χ4v) is 3.08. The summed E-state index contributed by atoms with van der Waals surface area (Å²) in [6, 6.07) is 5.73. The lowest BCUT2D eigenvalue weighted by molar-refractivity contribution is 0.0411. The number of rotatable bonds is 4. The number of aliphatic hydroxyl groups is 1. The van der Waals surface area contributed by atoms with Crippen molar-refractivity contribution < 1.29 is 9.84 Å². The molecule has 1 aliphatic carbocycles. The van der Waals surface area contributed by atoms with Crippen LogP contribution < -0.4 is 5.32 Å². The lowest BCUT2D eigenvalue weighted by atomic mass is 9.80. The van der Waals surface area contributed by atoms with E-state index in [2.05, 4.69) is 21.2 Å². The highest BCUT2D eigenvalue weighted by molar-refractivity contribution is 9.10. The van der Waals surface area contributed by atoms with Crippen LogP contribution in [-0.4, -0.2) is 30.5 Å². The molecule has 0 unspecified atom stereocenters. The quantitative estimate of drug-likeness (QED) is 0.869. The molecule has 1 aliphatic rings. The van der Waals surface area contributed by atoms with E-state index in [-0.39, 0.29) is 12.1 Å². The maximum Gasteiger partial charge on any atom is 0.0661 e. The van der Waals surface area contributed by atoms with Gasteiger partial charge in [-0.15, -0.1) is 0 Å². The normalized spacial score (nSPS) is 27.3. The minimum atomic E-state index is -0.248. The van der Waals surface area contributed by atoms with Gasteiger partial charge in [0.2, 0.25) is 0 Å². The molecule has 1 saturated carbocycles. The van der Waals surface area contributed by atoms with E-state index in [4.69, 9.17) is 16.3 Å². The number of ether oxygens (including phenoxy) is 1. The third-order valence-corrected chi connectivity index (χ3v) is 5.07. The van der Waals surface area contributed by atoms with Crippen LogP contribution in [0.2, 0.25) is 5.02 Å². The maximum atomic E-state index is 9.74. The summed E-state index contributed by atoms with van der Waals surface area (Å²) in [7, 11) is 1.75. The summed E-state index contributed by atoms with van der Waals surface area (Å²) in [6.07, 6.45) is 4.07. The van der Waals surface area contributed by atoms with Crippen LogP contribution in [0.15, 0.2) is 22.7 Å². The Labute approximate surface area is 127 Å². The van der Waals surface area contributed by atoms with Gasteiger partial charge < -0.3 is 15.2 Å². The molecule has 5 heteroatoms. The Bertz CT molecular complexity index is 433. The topological polar surface area (TPSA) is 41.5 Å². The Morgan fingerprint density at radius 1 is 1.47 bits per heavy atom. The molecule has 0 amide bonds. The van der Waals surface area contributed by atoms with Crippen molar-refractivity contribution in [2.75, 3.05) is 19.0 Å². The Kier molecular flexibility index (Phi) is 5.12. The fourth-order valence-electron chi connectivity index (χ4n) is 2.58. The summed E-state index contributed by atoms with van der Waals surface area (Å²) < 4.78 is 6.24. The minimum Gasteiger partial charge on any atom is -0.394 e. The van der Waals surface area contributed by atoms with Crippen LogP contribution in [0.5, 0.6) is 0 Å². The molecule has 1 fully saturated rings. The molecule has 0 heterocycles. The summed E-state index contributed by atoms with van der Waals surface area (Å²) in [5, 5.41) is 13.9. The average molecular weight is 349 g/mol. The van der Waals surface area contributed by atoms with Crippen LogP contribution in [0.1, 0.15) is 25.7 Å². The first kappa shape index (κ1) is 15.1. The molecule has 0 aliphatic heterocycles. The number of benzene rings is 1. The molecular formula is C14H19BrClNO2. The van der Waals surface area contributed by atoms with Crippen LogP contribution in [0, 0.1) is 0 Å². The third kappa shape index (κ3) is 3.63. The molecule has 19 heavy (non-hydrogen) atoms. The molecular weight excluding hydrogens is 330 g/mol. The molecule has 0 saturated heterocycles. The summed E-state index contributed by atoms with van der Waals surface area (Å²) in [5.41, 5.74) is 0.726. The largest absolute Gasteiger partial charge is 0.394 e. The second kappa shape index (κ2) is 6.44. The number of aliphatic hydroxyl groups excluding tert-OH is 1. The Balaban J connectivity index is 2.08.